The molecule has 0 N–H and O–H groups in total. The Hall–Kier alpha value is -1.31. The van der Waals surface area contributed by atoms with Crippen molar-refractivity contribution in [3.05, 3.63) is 12.4 Å². The summed E-state index contributed by atoms with van der Waals surface area (Å²) in [6, 6.07) is 0. The lowest BCUT2D eigenvalue weighted by Crippen LogP contribution is -2.62. The first-order chi connectivity index (χ1) is 10.7. The van der Waals surface area contributed by atoms with E-state index in [1.54, 1.807) is 0 Å². The quantitative estimate of drug-likeness (QED) is 0.489. The molecule has 0 aromatic carbocycles. The summed E-state index contributed by atoms with van der Waals surface area (Å²) in [5, 5.41) is 0. The third kappa shape index (κ3) is 4.10. The molecule has 0 saturated heterocycles. The monoisotopic (exact) mass is 410 g/mol. The Balaban J connectivity index is 6.49. The van der Waals surface area contributed by atoms with E-state index in [2.05, 4.69) is 0 Å². The van der Waals surface area contributed by atoms with Gasteiger partial charge in [-0.3, -0.25) is 0 Å². The number of allylic oxidation sites excluding steroid dienone is 1. The third-order valence-corrected chi connectivity index (χ3v) is 3.04. The molecule has 1 atom stereocenters. The minimum absolute atomic E-state index is 1.22. The standard InChI is InChI=1S/C10H5F15/c11-2-1-4(6(13,9(20,21)22)10(23,24)25)3-5(12,7(14,15)16)8(17,18)19/h1-2,4H,3H2. The van der Waals surface area contributed by atoms with Gasteiger partial charge < -0.3 is 0 Å². The molecule has 0 aliphatic heterocycles. The largest absolute Gasteiger partial charge is 0.432 e. The summed E-state index contributed by atoms with van der Waals surface area (Å²) in [5.41, 5.74) is -13.4. The summed E-state index contributed by atoms with van der Waals surface area (Å²) in [6.45, 7) is 0. The van der Waals surface area contributed by atoms with Gasteiger partial charge in [-0.05, 0) is 6.08 Å². The molecule has 150 valence electrons. The zero-order chi connectivity index (χ0) is 20.7. The van der Waals surface area contributed by atoms with Gasteiger partial charge in [-0.2, -0.15) is 52.7 Å². The highest BCUT2D eigenvalue weighted by Crippen LogP contribution is 2.57. The highest BCUT2D eigenvalue weighted by Gasteiger charge is 2.80. The topological polar surface area (TPSA) is 0 Å². The number of hydrogen-bond donors (Lipinski definition) is 0. The highest BCUT2D eigenvalue weighted by molar-refractivity contribution is 5.11. The summed E-state index contributed by atoms with van der Waals surface area (Å²) in [4.78, 5) is 0. The molecular formula is C10H5F15. The van der Waals surface area contributed by atoms with Crippen LogP contribution in [0.15, 0.2) is 12.4 Å². The van der Waals surface area contributed by atoms with Crippen molar-refractivity contribution >= 4 is 0 Å². The number of alkyl halides is 14. The van der Waals surface area contributed by atoms with Crippen LogP contribution >= 0.6 is 0 Å². The Morgan fingerprint density at radius 1 is 0.560 bits per heavy atom. The zero-order valence-corrected chi connectivity index (χ0v) is 11.1. The van der Waals surface area contributed by atoms with Crippen LogP contribution in [0.4, 0.5) is 65.9 Å². The van der Waals surface area contributed by atoms with Gasteiger partial charge >= 0.3 is 30.4 Å². The molecule has 0 rings (SSSR count). The summed E-state index contributed by atoms with van der Waals surface area (Å²) < 4.78 is 187. The number of halogens is 15. The summed E-state index contributed by atoms with van der Waals surface area (Å²) in [6.07, 6.45) is -34.7. The van der Waals surface area contributed by atoms with Crippen LogP contribution in [0.2, 0.25) is 0 Å². The first kappa shape index (κ1) is 23.7. The van der Waals surface area contributed by atoms with Crippen molar-refractivity contribution in [1.29, 1.82) is 0 Å². The molecule has 0 bridgehead atoms. The summed E-state index contributed by atoms with van der Waals surface area (Å²) >= 11 is 0. The zero-order valence-electron chi connectivity index (χ0n) is 11.1. The molecule has 1 unspecified atom stereocenters. The Morgan fingerprint density at radius 2 is 0.880 bits per heavy atom. The van der Waals surface area contributed by atoms with E-state index in [0.29, 0.717) is 0 Å². The van der Waals surface area contributed by atoms with Crippen LogP contribution < -0.4 is 0 Å². The number of hydrogen-bond acceptors (Lipinski definition) is 0. The van der Waals surface area contributed by atoms with Crippen molar-refractivity contribution in [3.63, 3.8) is 0 Å². The second-order valence-corrected chi connectivity index (χ2v) is 4.63. The van der Waals surface area contributed by atoms with Crippen molar-refractivity contribution in [2.45, 2.75) is 42.5 Å². The molecule has 0 saturated carbocycles. The molecule has 25 heavy (non-hydrogen) atoms. The van der Waals surface area contributed by atoms with Crippen LogP contribution in [0, 0.1) is 5.92 Å². The van der Waals surface area contributed by atoms with Gasteiger partial charge in [0.25, 0.3) is 5.67 Å². The molecule has 0 spiro atoms. The molecule has 0 aromatic heterocycles. The molecule has 0 fully saturated rings. The smallest absolute Gasteiger partial charge is 0.224 e. The normalized spacial score (nSPS) is 17.2. The number of rotatable bonds is 4. The van der Waals surface area contributed by atoms with E-state index in [0.717, 1.165) is 0 Å². The lowest BCUT2D eigenvalue weighted by molar-refractivity contribution is -0.375. The van der Waals surface area contributed by atoms with Gasteiger partial charge in [-0.15, -0.1) is 0 Å². The van der Waals surface area contributed by atoms with E-state index < -0.39 is 60.8 Å². The Morgan fingerprint density at radius 3 is 1.08 bits per heavy atom. The molecular weight excluding hydrogens is 405 g/mol. The van der Waals surface area contributed by atoms with E-state index in [9.17, 15) is 65.9 Å². The van der Waals surface area contributed by atoms with Crippen LogP contribution in [-0.4, -0.2) is 36.0 Å². The minimum atomic E-state index is -7.13. The Kier molecular flexibility index (Phi) is 6.11. The predicted molar refractivity (Wildman–Crippen MR) is 50.3 cm³/mol. The molecule has 0 nitrogen and oxygen atoms in total. The first-order valence-corrected chi connectivity index (χ1v) is 5.58. The van der Waals surface area contributed by atoms with Crippen molar-refractivity contribution in [2.75, 3.05) is 0 Å². The maximum atomic E-state index is 13.6. The fourth-order valence-electron chi connectivity index (χ4n) is 1.71. The second-order valence-electron chi connectivity index (χ2n) is 4.63. The van der Waals surface area contributed by atoms with E-state index in [4.69, 9.17) is 0 Å². The Labute approximate surface area is 128 Å². The van der Waals surface area contributed by atoms with E-state index in [1.807, 2.05) is 0 Å². The van der Waals surface area contributed by atoms with Crippen molar-refractivity contribution in [1.82, 2.24) is 0 Å². The summed E-state index contributed by atoms with van der Waals surface area (Å²) in [5.74, 6) is -4.56. The SMILES string of the molecule is FC=CC(CC(F)(C(F)(F)F)C(F)(F)F)C(F)(C(F)(F)F)C(F)(F)F. The molecule has 15 heteroatoms. The predicted octanol–water partition coefficient (Wildman–Crippen LogP) is 6.14. The molecule has 0 radical (unpaired) electrons. The minimum Gasteiger partial charge on any atom is -0.224 e. The van der Waals surface area contributed by atoms with Crippen LogP contribution in [0.5, 0.6) is 0 Å². The molecule has 0 aliphatic rings. The lowest BCUT2D eigenvalue weighted by atomic mass is 9.79. The van der Waals surface area contributed by atoms with Crippen LogP contribution in [0.1, 0.15) is 6.42 Å². The van der Waals surface area contributed by atoms with Gasteiger partial charge in [0.15, 0.2) is 0 Å². The maximum Gasteiger partial charge on any atom is 0.432 e. The van der Waals surface area contributed by atoms with E-state index in [1.165, 1.54) is 0 Å². The van der Waals surface area contributed by atoms with Gasteiger partial charge in [0, 0.05) is 12.3 Å². The summed E-state index contributed by atoms with van der Waals surface area (Å²) in [7, 11) is 0. The van der Waals surface area contributed by atoms with E-state index in [-0.39, 0.29) is 0 Å². The Bertz CT molecular complexity index is 445. The fraction of sp³-hybridized carbons (Fsp3) is 0.800. The second kappa shape index (κ2) is 6.45. The molecule has 0 aliphatic carbocycles. The van der Waals surface area contributed by atoms with Crippen molar-refractivity contribution in [2.24, 2.45) is 5.92 Å². The highest BCUT2D eigenvalue weighted by atomic mass is 19.4. The third-order valence-electron chi connectivity index (χ3n) is 3.04. The first-order valence-electron chi connectivity index (χ1n) is 5.58. The van der Waals surface area contributed by atoms with Crippen LogP contribution in [0.3, 0.4) is 0 Å². The van der Waals surface area contributed by atoms with E-state index >= 15 is 0 Å². The fourth-order valence-corrected chi connectivity index (χ4v) is 1.71. The lowest BCUT2D eigenvalue weighted by Gasteiger charge is -2.39. The van der Waals surface area contributed by atoms with Gasteiger partial charge in [-0.1, -0.05) is 0 Å². The molecule has 0 amide bonds. The van der Waals surface area contributed by atoms with Gasteiger partial charge in [0.05, 0.1) is 6.33 Å². The van der Waals surface area contributed by atoms with Crippen molar-refractivity contribution in [3.8, 4) is 0 Å². The molecule has 0 aromatic rings. The average molecular weight is 410 g/mol. The molecule has 0 heterocycles. The van der Waals surface area contributed by atoms with Crippen LogP contribution in [0.25, 0.3) is 0 Å². The van der Waals surface area contributed by atoms with Crippen molar-refractivity contribution < 1.29 is 65.9 Å². The average Bonchev–Trinajstić information content (AvgIpc) is 2.31. The van der Waals surface area contributed by atoms with Gasteiger partial charge in [0.2, 0.25) is 0 Å². The van der Waals surface area contributed by atoms with Gasteiger partial charge in [0.1, 0.15) is 0 Å². The van der Waals surface area contributed by atoms with Gasteiger partial charge in [-0.25, -0.2) is 13.2 Å². The van der Waals surface area contributed by atoms with Crippen LogP contribution in [-0.2, 0) is 0 Å². The maximum absolute atomic E-state index is 13.6.